The van der Waals surface area contributed by atoms with Crippen LogP contribution < -0.4 is 12.4 Å². The largest absolute Gasteiger partial charge is 1.00 e. The van der Waals surface area contributed by atoms with Crippen LogP contribution in [0.5, 0.6) is 0 Å². The molecule has 0 saturated heterocycles. The van der Waals surface area contributed by atoms with Gasteiger partial charge in [0.05, 0.1) is 21.1 Å². The lowest BCUT2D eigenvalue weighted by molar-refractivity contribution is -0.926. The number of halogens is 1. The summed E-state index contributed by atoms with van der Waals surface area (Å²) in [5.74, 6) is 0. The van der Waals surface area contributed by atoms with Crippen LogP contribution in [-0.4, -0.2) is 66.3 Å². The van der Waals surface area contributed by atoms with Crippen molar-refractivity contribution in [3.8, 4) is 0 Å². The second kappa shape index (κ2) is 7.41. The second-order valence-electron chi connectivity index (χ2n) is 4.66. The van der Waals surface area contributed by atoms with Crippen LogP contribution in [0.2, 0.25) is 0 Å². The van der Waals surface area contributed by atoms with Gasteiger partial charge in [-0.25, -0.2) is 0 Å². The summed E-state index contributed by atoms with van der Waals surface area (Å²) in [5, 5.41) is 27.1. The Morgan fingerprint density at radius 3 is 1.20 bits per heavy atom. The highest BCUT2D eigenvalue weighted by molar-refractivity contribution is 4.80. The molecule has 0 fully saturated rings. The van der Waals surface area contributed by atoms with Gasteiger partial charge >= 0.3 is 0 Å². The summed E-state index contributed by atoms with van der Waals surface area (Å²) in [7, 11) is 6.09. The molecule has 0 aliphatic heterocycles. The zero-order valence-corrected chi connectivity index (χ0v) is 10.7. The molecule has 4 nitrogen and oxygen atoms in total. The molecule has 0 aliphatic rings. The van der Waals surface area contributed by atoms with Crippen molar-refractivity contribution in [2.75, 3.05) is 41.0 Å². The fourth-order valence-electron chi connectivity index (χ4n) is 2.01. The molecule has 0 radical (unpaired) electrons. The summed E-state index contributed by atoms with van der Waals surface area (Å²) in [6.07, 6.45) is 1.83. The van der Waals surface area contributed by atoms with E-state index in [0.29, 0.717) is 23.7 Å². The summed E-state index contributed by atoms with van der Waals surface area (Å²) in [5.41, 5.74) is -0.224. The Kier molecular flexibility index (Phi) is 8.66. The third-order valence-corrected chi connectivity index (χ3v) is 3.15. The molecule has 0 aromatic heterocycles. The molecule has 0 saturated carbocycles. The van der Waals surface area contributed by atoms with Gasteiger partial charge in [-0.1, -0.05) is 0 Å². The van der Waals surface area contributed by atoms with Gasteiger partial charge in [0.1, 0.15) is 5.54 Å². The van der Waals surface area contributed by atoms with Gasteiger partial charge in [0.2, 0.25) is 0 Å². The van der Waals surface area contributed by atoms with Gasteiger partial charge in [0, 0.05) is 39.1 Å². The molecule has 3 N–H and O–H groups in total. The molecule has 94 valence electrons. The van der Waals surface area contributed by atoms with Gasteiger partial charge in [0.15, 0.2) is 0 Å². The summed E-state index contributed by atoms with van der Waals surface area (Å²) in [4.78, 5) is 0. The summed E-state index contributed by atoms with van der Waals surface area (Å²) < 4.78 is 0.648. The second-order valence-corrected chi connectivity index (χ2v) is 4.66. The van der Waals surface area contributed by atoms with E-state index >= 15 is 0 Å². The summed E-state index contributed by atoms with van der Waals surface area (Å²) in [6.45, 7) is 0.278. The highest BCUT2D eigenvalue weighted by Gasteiger charge is 2.41. The molecular formula is C10H24ClNO3. The van der Waals surface area contributed by atoms with E-state index in [9.17, 15) is 0 Å². The maximum Gasteiger partial charge on any atom is 0.105 e. The molecule has 0 bridgehead atoms. The Morgan fingerprint density at radius 2 is 1.07 bits per heavy atom. The maximum absolute atomic E-state index is 9.05. The molecule has 5 heteroatoms. The van der Waals surface area contributed by atoms with E-state index in [2.05, 4.69) is 0 Å². The van der Waals surface area contributed by atoms with Crippen LogP contribution in [0.4, 0.5) is 0 Å². The van der Waals surface area contributed by atoms with E-state index in [-0.39, 0.29) is 37.8 Å². The monoisotopic (exact) mass is 241 g/mol. The first-order valence-electron chi connectivity index (χ1n) is 5.07. The van der Waals surface area contributed by atoms with Crippen LogP contribution in [0.1, 0.15) is 19.3 Å². The third-order valence-electron chi connectivity index (χ3n) is 3.15. The Balaban J connectivity index is 0. The number of rotatable bonds is 7. The number of nitrogens with zero attached hydrogens (tertiary/aromatic N) is 1. The highest BCUT2D eigenvalue weighted by Crippen LogP contribution is 2.30. The quantitative estimate of drug-likeness (QED) is 0.407. The fourth-order valence-corrected chi connectivity index (χ4v) is 2.01. The van der Waals surface area contributed by atoms with Gasteiger partial charge in [-0.15, -0.1) is 0 Å². The minimum absolute atomic E-state index is 0. The standard InChI is InChI=1S/C10H24NO3.ClH/c1-11(2,3)10(4-7-12,5-8-13)6-9-14;/h12-14H,4-9H2,1-3H3;1H/q+1;/p-1. The van der Waals surface area contributed by atoms with E-state index in [1.807, 2.05) is 21.1 Å². The topological polar surface area (TPSA) is 60.7 Å². The van der Waals surface area contributed by atoms with Gasteiger partial charge < -0.3 is 32.2 Å². The first-order chi connectivity index (χ1) is 6.43. The molecule has 0 aliphatic carbocycles. The van der Waals surface area contributed by atoms with Gasteiger partial charge in [-0.05, 0) is 0 Å². The Hall–Kier alpha value is 0.130. The van der Waals surface area contributed by atoms with Crippen LogP contribution in [0.3, 0.4) is 0 Å². The minimum Gasteiger partial charge on any atom is -1.00 e. The Bertz CT molecular complexity index is 142. The zero-order valence-electron chi connectivity index (χ0n) is 9.91. The number of aliphatic hydroxyl groups excluding tert-OH is 3. The average molecular weight is 242 g/mol. The number of hydrogen-bond acceptors (Lipinski definition) is 3. The highest BCUT2D eigenvalue weighted by atomic mass is 35.5. The molecule has 0 aromatic rings. The SMILES string of the molecule is C[N+](C)(C)C(CCO)(CCO)CCO.[Cl-]. The Morgan fingerprint density at radius 1 is 0.800 bits per heavy atom. The van der Waals surface area contributed by atoms with Crippen molar-refractivity contribution in [3.63, 3.8) is 0 Å². The lowest BCUT2D eigenvalue weighted by Gasteiger charge is -2.46. The molecule has 0 amide bonds. The van der Waals surface area contributed by atoms with Crippen LogP contribution in [0, 0.1) is 0 Å². The molecule has 0 unspecified atom stereocenters. The van der Waals surface area contributed by atoms with E-state index in [4.69, 9.17) is 15.3 Å². The molecule has 0 spiro atoms. The van der Waals surface area contributed by atoms with Crippen LogP contribution in [0.25, 0.3) is 0 Å². The molecule has 15 heavy (non-hydrogen) atoms. The zero-order chi connectivity index (χ0) is 11.2. The van der Waals surface area contributed by atoms with Gasteiger partial charge in [-0.3, -0.25) is 0 Å². The van der Waals surface area contributed by atoms with Crippen molar-refractivity contribution in [1.82, 2.24) is 0 Å². The smallest absolute Gasteiger partial charge is 0.105 e. The van der Waals surface area contributed by atoms with Gasteiger partial charge in [0.25, 0.3) is 0 Å². The molecule has 0 aromatic carbocycles. The van der Waals surface area contributed by atoms with Crippen molar-refractivity contribution in [1.29, 1.82) is 0 Å². The number of hydrogen-bond donors (Lipinski definition) is 3. The Labute approximate surface area is 98.5 Å². The molecule has 0 atom stereocenters. The van der Waals surface area contributed by atoms with E-state index in [1.54, 1.807) is 0 Å². The van der Waals surface area contributed by atoms with Crippen molar-refractivity contribution < 1.29 is 32.2 Å². The van der Waals surface area contributed by atoms with E-state index in [1.165, 1.54) is 0 Å². The average Bonchev–Trinajstić information content (AvgIpc) is 2.03. The first-order valence-corrected chi connectivity index (χ1v) is 5.07. The minimum atomic E-state index is -0.224. The van der Waals surface area contributed by atoms with Crippen molar-refractivity contribution in [2.24, 2.45) is 0 Å². The van der Waals surface area contributed by atoms with E-state index < -0.39 is 0 Å². The van der Waals surface area contributed by atoms with Gasteiger partial charge in [-0.2, -0.15) is 0 Å². The van der Waals surface area contributed by atoms with Crippen molar-refractivity contribution in [2.45, 2.75) is 24.8 Å². The molecule has 0 rings (SSSR count). The van der Waals surface area contributed by atoms with E-state index in [0.717, 1.165) is 0 Å². The van der Waals surface area contributed by atoms with Crippen LogP contribution in [-0.2, 0) is 0 Å². The normalized spacial score (nSPS) is 12.4. The predicted octanol–water partition coefficient (Wildman–Crippen LogP) is -3.42. The fraction of sp³-hybridized carbons (Fsp3) is 1.00. The molecule has 0 heterocycles. The summed E-state index contributed by atoms with van der Waals surface area (Å²) >= 11 is 0. The lowest BCUT2D eigenvalue weighted by Crippen LogP contribution is -3.00. The number of quaternary nitrogens is 1. The molecular weight excluding hydrogens is 218 g/mol. The van der Waals surface area contributed by atoms with Crippen molar-refractivity contribution in [3.05, 3.63) is 0 Å². The number of aliphatic hydroxyl groups is 3. The maximum atomic E-state index is 9.05. The van der Waals surface area contributed by atoms with Crippen LogP contribution in [0.15, 0.2) is 0 Å². The first kappa shape index (κ1) is 17.5. The predicted molar refractivity (Wildman–Crippen MR) is 55.9 cm³/mol. The lowest BCUT2D eigenvalue weighted by atomic mass is 9.85. The van der Waals surface area contributed by atoms with Crippen LogP contribution >= 0.6 is 0 Å². The van der Waals surface area contributed by atoms with Crippen molar-refractivity contribution >= 4 is 0 Å². The third kappa shape index (κ3) is 4.66. The summed E-state index contributed by atoms with van der Waals surface area (Å²) in [6, 6.07) is 0.